The molecule has 0 atom stereocenters. The van der Waals surface area contributed by atoms with E-state index in [0.717, 1.165) is 10.2 Å². The zero-order valence-electron chi connectivity index (χ0n) is 8.28. The summed E-state index contributed by atoms with van der Waals surface area (Å²) < 4.78 is 11.9. The van der Waals surface area contributed by atoms with Crippen LogP contribution in [0.2, 0.25) is 0 Å². The van der Waals surface area contributed by atoms with Crippen molar-refractivity contribution >= 4 is 15.9 Å². The van der Waals surface area contributed by atoms with Crippen LogP contribution in [0.3, 0.4) is 0 Å². The zero-order valence-corrected chi connectivity index (χ0v) is 9.87. The standard InChI is InChI=1S/C11H12BrNO2/c12-8-3-4-9(7-1-2-7)13-10(8)11-14-5-6-15-11/h3-4,7,11H,1-2,5-6H2. The third-order valence-electron chi connectivity index (χ3n) is 2.74. The van der Waals surface area contributed by atoms with Crippen LogP contribution in [0.5, 0.6) is 0 Å². The Bertz CT molecular complexity index is 373. The van der Waals surface area contributed by atoms with Crippen molar-refractivity contribution in [3.05, 3.63) is 28.0 Å². The summed E-state index contributed by atoms with van der Waals surface area (Å²) in [6, 6.07) is 4.13. The molecule has 1 aromatic heterocycles. The van der Waals surface area contributed by atoms with Crippen LogP contribution in [0.25, 0.3) is 0 Å². The molecule has 1 aliphatic heterocycles. The van der Waals surface area contributed by atoms with Gasteiger partial charge in [0.25, 0.3) is 0 Å². The highest BCUT2D eigenvalue weighted by molar-refractivity contribution is 9.10. The second-order valence-electron chi connectivity index (χ2n) is 3.95. The first kappa shape index (κ1) is 9.75. The molecule has 0 amide bonds. The lowest BCUT2D eigenvalue weighted by molar-refractivity contribution is -0.0479. The Labute approximate surface area is 96.9 Å². The number of hydrogen-bond acceptors (Lipinski definition) is 3. The molecular weight excluding hydrogens is 258 g/mol. The second kappa shape index (κ2) is 3.85. The van der Waals surface area contributed by atoms with Gasteiger partial charge in [-0.25, -0.2) is 0 Å². The second-order valence-corrected chi connectivity index (χ2v) is 4.81. The van der Waals surface area contributed by atoms with Crippen LogP contribution < -0.4 is 0 Å². The minimum atomic E-state index is -0.280. The first-order chi connectivity index (χ1) is 7.34. The zero-order chi connectivity index (χ0) is 10.3. The molecule has 0 spiro atoms. The van der Waals surface area contributed by atoms with E-state index < -0.39 is 0 Å². The molecule has 0 bridgehead atoms. The highest BCUT2D eigenvalue weighted by Gasteiger charge is 2.28. The maximum Gasteiger partial charge on any atom is 0.202 e. The van der Waals surface area contributed by atoms with Crippen molar-refractivity contribution in [2.24, 2.45) is 0 Å². The molecule has 1 aromatic rings. The largest absolute Gasteiger partial charge is 0.345 e. The van der Waals surface area contributed by atoms with Crippen LogP contribution >= 0.6 is 15.9 Å². The molecule has 1 saturated heterocycles. The highest BCUT2D eigenvalue weighted by atomic mass is 79.9. The van der Waals surface area contributed by atoms with Crippen molar-refractivity contribution in [2.45, 2.75) is 25.0 Å². The van der Waals surface area contributed by atoms with Gasteiger partial charge in [-0.15, -0.1) is 0 Å². The number of halogens is 1. The normalized spacial score (nSPS) is 22.2. The van der Waals surface area contributed by atoms with Gasteiger partial charge in [-0.05, 0) is 40.9 Å². The minimum absolute atomic E-state index is 0.280. The van der Waals surface area contributed by atoms with E-state index in [9.17, 15) is 0 Å². The van der Waals surface area contributed by atoms with Crippen LogP contribution in [0, 0.1) is 0 Å². The molecular formula is C11H12BrNO2. The smallest absolute Gasteiger partial charge is 0.202 e. The first-order valence-corrected chi connectivity index (χ1v) is 6.03. The van der Waals surface area contributed by atoms with E-state index in [2.05, 4.69) is 27.0 Å². The molecule has 4 heteroatoms. The van der Waals surface area contributed by atoms with Crippen molar-refractivity contribution in [3.8, 4) is 0 Å². The summed E-state index contributed by atoms with van der Waals surface area (Å²) in [4.78, 5) is 4.62. The molecule has 15 heavy (non-hydrogen) atoms. The average molecular weight is 270 g/mol. The van der Waals surface area contributed by atoms with Gasteiger partial charge in [-0.2, -0.15) is 0 Å². The first-order valence-electron chi connectivity index (χ1n) is 5.24. The van der Waals surface area contributed by atoms with Gasteiger partial charge in [-0.1, -0.05) is 0 Å². The lowest BCUT2D eigenvalue weighted by Gasteiger charge is -2.11. The maximum absolute atomic E-state index is 5.46. The van der Waals surface area contributed by atoms with Gasteiger partial charge in [0.05, 0.1) is 13.2 Å². The monoisotopic (exact) mass is 269 g/mol. The minimum Gasteiger partial charge on any atom is -0.345 e. The third-order valence-corrected chi connectivity index (χ3v) is 3.41. The van der Waals surface area contributed by atoms with Crippen molar-refractivity contribution in [1.29, 1.82) is 0 Å². The van der Waals surface area contributed by atoms with Crippen molar-refractivity contribution < 1.29 is 9.47 Å². The molecule has 0 N–H and O–H groups in total. The van der Waals surface area contributed by atoms with Gasteiger partial charge in [0, 0.05) is 16.1 Å². The third kappa shape index (κ3) is 1.94. The van der Waals surface area contributed by atoms with Gasteiger partial charge in [0.2, 0.25) is 6.29 Å². The lowest BCUT2D eigenvalue weighted by Crippen LogP contribution is -2.04. The fourth-order valence-corrected chi connectivity index (χ4v) is 2.17. The number of ether oxygens (including phenoxy) is 2. The van der Waals surface area contributed by atoms with Crippen LogP contribution in [-0.4, -0.2) is 18.2 Å². The van der Waals surface area contributed by atoms with E-state index in [1.807, 2.05) is 6.07 Å². The molecule has 2 fully saturated rings. The van der Waals surface area contributed by atoms with Crippen LogP contribution in [0.4, 0.5) is 0 Å². The van der Waals surface area contributed by atoms with Crippen LogP contribution in [0.15, 0.2) is 16.6 Å². The summed E-state index contributed by atoms with van der Waals surface area (Å²) in [5.74, 6) is 0.665. The number of pyridine rings is 1. The predicted molar refractivity (Wildman–Crippen MR) is 58.6 cm³/mol. The number of nitrogens with zero attached hydrogens (tertiary/aromatic N) is 1. The molecule has 2 heterocycles. The Morgan fingerprint density at radius 3 is 2.60 bits per heavy atom. The topological polar surface area (TPSA) is 31.4 Å². The van der Waals surface area contributed by atoms with Crippen LogP contribution in [-0.2, 0) is 9.47 Å². The number of rotatable bonds is 2. The summed E-state index contributed by atoms with van der Waals surface area (Å²) in [7, 11) is 0. The summed E-state index contributed by atoms with van der Waals surface area (Å²) in [5.41, 5.74) is 2.06. The molecule has 1 aliphatic carbocycles. The Morgan fingerprint density at radius 2 is 1.93 bits per heavy atom. The Balaban J connectivity index is 1.93. The van der Waals surface area contributed by atoms with E-state index in [1.165, 1.54) is 18.5 Å². The average Bonchev–Trinajstić information content (AvgIpc) is 2.95. The van der Waals surface area contributed by atoms with Crippen molar-refractivity contribution in [2.75, 3.05) is 13.2 Å². The van der Waals surface area contributed by atoms with E-state index >= 15 is 0 Å². The molecule has 2 aliphatic rings. The highest BCUT2D eigenvalue weighted by Crippen LogP contribution is 2.40. The predicted octanol–water partition coefficient (Wildman–Crippen LogP) is 2.77. The molecule has 0 aromatic carbocycles. The summed E-state index contributed by atoms with van der Waals surface area (Å²) in [6.07, 6.45) is 2.25. The Hall–Kier alpha value is -0.450. The van der Waals surface area contributed by atoms with E-state index in [1.54, 1.807) is 0 Å². The van der Waals surface area contributed by atoms with E-state index in [4.69, 9.17) is 9.47 Å². The van der Waals surface area contributed by atoms with Gasteiger partial charge >= 0.3 is 0 Å². The SMILES string of the molecule is Brc1ccc(C2CC2)nc1C1OCCO1. The van der Waals surface area contributed by atoms with Gasteiger partial charge in [0.1, 0.15) is 5.69 Å². The Morgan fingerprint density at radius 1 is 1.20 bits per heavy atom. The summed E-state index contributed by atoms with van der Waals surface area (Å²) >= 11 is 3.49. The number of aromatic nitrogens is 1. The van der Waals surface area contributed by atoms with E-state index in [-0.39, 0.29) is 6.29 Å². The quantitative estimate of drug-likeness (QED) is 0.828. The summed E-state index contributed by atoms with van der Waals surface area (Å²) in [5, 5.41) is 0. The molecule has 1 saturated carbocycles. The van der Waals surface area contributed by atoms with Crippen LogP contribution in [0.1, 0.15) is 36.4 Å². The van der Waals surface area contributed by atoms with Gasteiger partial charge < -0.3 is 9.47 Å². The maximum atomic E-state index is 5.46. The fourth-order valence-electron chi connectivity index (χ4n) is 1.76. The number of hydrogen-bond donors (Lipinski definition) is 0. The molecule has 3 nitrogen and oxygen atoms in total. The Kier molecular flexibility index (Phi) is 2.50. The van der Waals surface area contributed by atoms with Gasteiger partial charge in [-0.3, -0.25) is 4.98 Å². The van der Waals surface area contributed by atoms with Crippen molar-refractivity contribution in [3.63, 3.8) is 0 Å². The fraction of sp³-hybridized carbons (Fsp3) is 0.545. The van der Waals surface area contributed by atoms with E-state index in [0.29, 0.717) is 19.1 Å². The molecule has 3 rings (SSSR count). The molecule has 0 radical (unpaired) electrons. The van der Waals surface area contributed by atoms with Gasteiger partial charge in [0.15, 0.2) is 0 Å². The lowest BCUT2D eigenvalue weighted by atomic mass is 10.2. The molecule has 0 unspecified atom stereocenters. The molecule has 80 valence electrons. The summed E-state index contributed by atoms with van der Waals surface area (Å²) in [6.45, 7) is 1.32. The van der Waals surface area contributed by atoms with Crippen molar-refractivity contribution in [1.82, 2.24) is 4.98 Å².